The lowest BCUT2D eigenvalue weighted by molar-refractivity contribution is 0.301. The van der Waals surface area contributed by atoms with E-state index in [1.807, 2.05) is 37.3 Å². The zero-order chi connectivity index (χ0) is 24.8. The molecule has 0 aliphatic heterocycles. The monoisotopic (exact) mass is 476 g/mol. The third kappa shape index (κ3) is 5.70. The molecule has 0 spiro atoms. The average Bonchev–Trinajstić information content (AvgIpc) is 2.89. The fourth-order valence-corrected chi connectivity index (χ4v) is 4.81. The molecule has 0 unspecified atom stereocenters. The van der Waals surface area contributed by atoms with Crippen molar-refractivity contribution in [3.05, 3.63) is 102 Å². The normalized spacial score (nSPS) is 18.1. The molecule has 0 bridgehead atoms. The van der Waals surface area contributed by atoms with Gasteiger partial charge in [-0.15, -0.1) is 6.58 Å². The van der Waals surface area contributed by atoms with Crippen LogP contribution < -0.4 is 4.74 Å². The fraction of sp³-hybridized carbons (Fsp3) is 0.290. The Morgan fingerprint density at radius 3 is 2.14 bits per heavy atom. The van der Waals surface area contributed by atoms with Gasteiger partial charge in [-0.1, -0.05) is 54.6 Å². The molecule has 1 aliphatic rings. The summed E-state index contributed by atoms with van der Waals surface area (Å²) in [6.45, 7) is 6.05. The first kappa shape index (κ1) is 24.8. The Morgan fingerprint density at radius 2 is 1.51 bits per heavy atom. The first-order valence-electron chi connectivity index (χ1n) is 12.3. The van der Waals surface area contributed by atoms with Crippen molar-refractivity contribution in [3.8, 4) is 28.0 Å². The number of hydrogen-bond donors (Lipinski definition) is 0. The highest BCUT2D eigenvalue weighted by Gasteiger charge is 2.22. The number of rotatable bonds is 8. The smallest absolute Gasteiger partial charge is 0.201 e. The van der Waals surface area contributed by atoms with Gasteiger partial charge in [0.25, 0.3) is 0 Å². The van der Waals surface area contributed by atoms with Gasteiger partial charge in [-0.2, -0.15) is 4.39 Å². The van der Waals surface area contributed by atoms with Crippen LogP contribution in [0.5, 0.6) is 5.75 Å². The van der Waals surface area contributed by atoms with Gasteiger partial charge in [-0.05, 0) is 85.8 Å². The van der Waals surface area contributed by atoms with Gasteiger partial charge in [0.05, 0.1) is 6.61 Å². The number of halogens is 3. The van der Waals surface area contributed by atoms with Crippen LogP contribution in [0, 0.1) is 23.4 Å². The number of benzene rings is 3. The summed E-state index contributed by atoms with van der Waals surface area (Å²) < 4.78 is 49.6. The van der Waals surface area contributed by atoms with E-state index >= 15 is 4.39 Å². The van der Waals surface area contributed by atoms with Gasteiger partial charge in [0.1, 0.15) is 5.82 Å². The van der Waals surface area contributed by atoms with Gasteiger partial charge in [-0.25, -0.2) is 8.78 Å². The van der Waals surface area contributed by atoms with Crippen molar-refractivity contribution in [2.45, 2.75) is 44.9 Å². The SMILES string of the molecule is C=CC1CCC(c2ccc(-c3ccc(-c4ccc(OCC/C=C\C)c(F)c4F)cc3)c(F)c2)CC1. The van der Waals surface area contributed by atoms with Crippen molar-refractivity contribution in [2.75, 3.05) is 6.61 Å². The predicted molar refractivity (Wildman–Crippen MR) is 137 cm³/mol. The lowest BCUT2D eigenvalue weighted by Gasteiger charge is -2.27. The van der Waals surface area contributed by atoms with Crippen LogP contribution in [0.15, 0.2) is 79.4 Å². The Labute approximate surface area is 206 Å². The van der Waals surface area contributed by atoms with Crippen LogP contribution in [0.2, 0.25) is 0 Å². The van der Waals surface area contributed by atoms with Gasteiger partial charge in [0.2, 0.25) is 5.82 Å². The summed E-state index contributed by atoms with van der Waals surface area (Å²) in [4.78, 5) is 0. The van der Waals surface area contributed by atoms with Gasteiger partial charge >= 0.3 is 0 Å². The Kier molecular flexibility index (Phi) is 8.12. The van der Waals surface area contributed by atoms with Crippen LogP contribution >= 0.6 is 0 Å². The van der Waals surface area contributed by atoms with E-state index in [0.29, 0.717) is 34.9 Å². The van der Waals surface area contributed by atoms with Gasteiger partial charge in [0.15, 0.2) is 11.6 Å². The van der Waals surface area contributed by atoms with Crippen molar-refractivity contribution < 1.29 is 17.9 Å². The zero-order valence-corrected chi connectivity index (χ0v) is 20.1. The first-order chi connectivity index (χ1) is 17.0. The molecule has 3 aromatic rings. The summed E-state index contributed by atoms with van der Waals surface area (Å²) in [5.41, 5.74) is 2.88. The summed E-state index contributed by atoms with van der Waals surface area (Å²) in [5, 5.41) is 0. The van der Waals surface area contributed by atoms with E-state index in [-0.39, 0.29) is 23.7 Å². The minimum atomic E-state index is -1.00. The van der Waals surface area contributed by atoms with E-state index in [0.717, 1.165) is 31.2 Å². The van der Waals surface area contributed by atoms with Crippen molar-refractivity contribution in [1.82, 2.24) is 0 Å². The number of ether oxygens (including phenoxy) is 1. The van der Waals surface area contributed by atoms with Crippen LogP contribution in [0.25, 0.3) is 22.3 Å². The molecular weight excluding hydrogens is 445 g/mol. The molecule has 4 rings (SSSR count). The summed E-state index contributed by atoms with van der Waals surface area (Å²) in [7, 11) is 0. The van der Waals surface area contributed by atoms with Crippen molar-refractivity contribution in [2.24, 2.45) is 5.92 Å². The third-order valence-electron chi connectivity index (χ3n) is 6.90. The van der Waals surface area contributed by atoms with E-state index < -0.39 is 11.6 Å². The van der Waals surface area contributed by atoms with Crippen molar-refractivity contribution in [1.29, 1.82) is 0 Å². The molecule has 35 heavy (non-hydrogen) atoms. The standard InChI is InChI=1S/C31H31F3O/c1-3-5-6-19-35-29-18-17-27(30(33)31(29)34)24-13-11-23(12-14-24)26-16-15-25(20-28(26)32)22-9-7-21(4-2)8-10-22/h3-5,11-18,20-22H,2,6-10,19H2,1H3/b5-3-. The number of allylic oxidation sites excluding steroid dienone is 2. The highest BCUT2D eigenvalue weighted by molar-refractivity contribution is 5.71. The minimum Gasteiger partial charge on any atom is -0.490 e. The fourth-order valence-electron chi connectivity index (χ4n) is 4.81. The molecule has 0 heterocycles. The maximum Gasteiger partial charge on any atom is 0.201 e. The summed E-state index contributed by atoms with van der Waals surface area (Å²) in [6.07, 6.45) is 10.7. The largest absolute Gasteiger partial charge is 0.490 e. The van der Waals surface area contributed by atoms with E-state index in [2.05, 4.69) is 6.58 Å². The van der Waals surface area contributed by atoms with Gasteiger partial charge < -0.3 is 4.74 Å². The lowest BCUT2D eigenvalue weighted by atomic mass is 9.78. The molecule has 1 nitrogen and oxygen atoms in total. The number of hydrogen-bond acceptors (Lipinski definition) is 1. The van der Waals surface area contributed by atoms with Crippen LogP contribution in [-0.4, -0.2) is 6.61 Å². The molecule has 0 amide bonds. The van der Waals surface area contributed by atoms with E-state index in [9.17, 15) is 8.78 Å². The summed E-state index contributed by atoms with van der Waals surface area (Å²) in [5.74, 6) is -1.38. The average molecular weight is 477 g/mol. The molecule has 1 aliphatic carbocycles. The molecule has 0 atom stereocenters. The van der Waals surface area contributed by atoms with Crippen molar-refractivity contribution >= 4 is 0 Å². The van der Waals surface area contributed by atoms with Crippen LogP contribution in [-0.2, 0) is 0 Å². The summed E-state index contributed by atoms with van der Waals surface area (Å²) in [6, 6.07) is 15.3. The van der Waals surface area contributed by atoms with Crippen LogP contribution in [0.4, 0.5) is 13.2 Å². The Bertz CT molecular complexity index is 1190. The van der Waals surface area contributed by atoms with Gasteiger partial charge in [-0.3, -0.25) is 0 Å². The predicted octanol–water partition coefficient (Wildman–Crippen LogP) is 9.24. The molecule has 0 N–H and O–H groups in total. The Hall–Kier alpha value is -3.27. The van der Waals surface area contributed by atoms with Gasteiger partial charge in [0, 0.05) is 11.1 Å². The molecule has 3 aromatic carbocycles. The molecule has 0 saturated heterocycles. The third-order valence-corrected chi connectivity index (χ3v) is 6.90. The summed E-state index contributed by atoms with van der Waals surface area (Å²) >= 11 is 0. The quantitative estimate of drug-likeness (QED) is 0.232. The maximum atomic E-state index is 15.0. The highest BCUT2D eigenvalue weighted by atomic mass is 19.2. The molecule has 182 valence electrons. The first-order valence-corrected chi connectivity index (χ1v) is 12.3. The van der Waals surface area contributed by atoms with E-state index in [1.54, 1.807) is 30.3 Å². The molecule has 4 heteroatoms. The second-order valence-corrected chi connectivity index (χ2v) is 9.11. The molecule has 0 radical (unpaired) electrons. The molecule has 1 fully saturated rings. The minimum absolute atomic E-state index is 0.104. The second-order valence-electron chi connectivity index (χ2n) is 9.11. The molecule has 0 aromatic heterocycles. The van der Waals surface area contributed by atoms with Crippen molar-refractivity contribution in [3.63, 3.8) is 0 Å². The topological polar surface area (TPSA) is 9.23 Å². The zero-order valence-electron chi connectivity index (χ0n) is 20.1. The Morgan fingerprint density at radius 1 is 0.857 bits per heavy atom. The highest BCUT2D eigenvalue weighted by Crippen LogP contribution is 2.38. The Balaban J connectivity index is 1.49. The second kappa shape index (κ2) is 11.4. The van der Waals surface area contributed by atoms with Crippen LogP contribution in [0.3, 0.4) is 0 Å². The maximum absolute atomic E-state index is 15.0. The van der Waals surface area contributed by atoms with E-state index in [1.165, 1.54) is 12.1 Å². The molecular formula is C31H31F3O. The lowest BCUT2D eigenvalue weighted by Crippen LogP contribution is -2.11. The van der Waals surface area contributed by atoms with E-state index in [4.69, 9.17) is 4.74 Å². The molecule has 1 saturated carbocycles. The van der Waals surface area contributed by atoms with Crippen LogP contribution in [0.1, 0.15) is 50.5 Å².